The van der Waals surface area contributed by atoms with E-state index in [9.17, 15) is 4.39 Å². The molecule has 1 saturated carbocycles. The van der Waals surface area contributed by atoms with Gasteiger partial charge < -0.3 is 4.74 Å². The number of benzene rings is 1. The maximum Gasteiger partial charge on any atom is 0.220 e. The summed E-state index contributed by atoms with van der Waals surface area (Å²) in [5.41, 5.74) is 2.22. The molecule has 1 aliphatic carbocycles. The normalized spacial score (nSPS) is 14.3. The van der Waals surface area contributed by atoms with Crippen LogP contribution in [0.2, 0.25) is 0 Å². The maximum atomic E-state index is 14.3. The average molecular weight is 393 g/mol. The molecule has 0 bridgehead atoms. The second-order valence-electron chi connectivity index (χ2n) is 7.10. The Hall–Kier alpha value is -3.36. The molecule has 1 aliphatic rings. The van der Waals surface area contributed by atoms with E-state index in [-0.39, 0.29) is 12.4 Å². The summed E-state index contributed by atoms with van der Waals surface area (Å²) in [4.78, 5) is 8.96. The van der Waals surface area contributed by atoms with Crippen LogP contribution in [0.1, 0.15) is 43.5 Å². The molecule has 0 saturated heterocycles. The van der Waals surface area contributed by atoms with Crippen LogP contribution in [0.15, 0.2) is 36.8 Å². The standard InChI is InChI=1S/C20H20FN7O/c1-2-27-17(22-12-23-27)11-29-20-15(13-6-5-7-13)10-28-19(24-20)18(25-26-28)14-8-3-4-9-16(14)21/h3-4,8-10,12-13H,2,5-7,11H2,1H3. The lowest BCUT2D eigenvalue weighted by Gasteiger charge is -2.26. The number of aryl methyl sites for hydroxylation is 1. The molecule has 0 spiro atoms. The summed E-state index contributed by atoms with van der Waals surface area (Å²) in [5.74, 6) is 1.27. The van der Waals surface area contributed by atoms with Gasteiger partial charge in [-0.05, 0) is 37.8 Å². The monoisotopic (exact) mass is 393 g/mol. The molecule has 0 N–H and O–H groups in total. The predicted octanol–water partition coefficient (Wildman–Crippen LogP) is 3.39. The van der Waals surface area contributed by atoms with Crippen LogP contribution in [-0.2, 0) is 13.2 Å². The van der Waals surface area contributed by atoms with E-state index in [1.165, 1.54) is 18.8 Å². The molecule has 3 heterocycles. The highest BCUT2D eigenvalue weighted by Crippen LogP contribution is 2.40. The highest BCUT2D eigenvalue weighted by Gasteiger charge is 2.26. The fraction of sp³-hybridized carbons (Fsp3) is 0.350. The molecule has 0 aliphatic heterocycles. The topological polar surface area (TPSA) is 83.0 Å². The minimum absolute atomic E-state index is 0.257. The van der Waals surface area contributed by atoms with Crippen LogP contribution < -0.4 is 4.74 Å². The van der Waals surface area contributed by atoms with Crippen LogP contribution in [0.4, 0.5) is 4.39 Å². The lowest BCUT2D eigenvalue weighted by Crippen LogP contribution is -2.14. The maximum absolute atomic E-state index is 14.3. The van der Waals surface area contributed by atoms with Crippen molar-refractivity contribution in [2.45, 2.75) is 45.3 Å². The lowest BCUT2D eigenvalue weighted by atomic mass is 9.81. The van der Waals surface area contributed by atoms with E-state index in [0.29, 0.717) is 35.2 Å². The summed E-state index contributed by atoms with van der Waals surface area (Å²) in [7, 11) is 0. The zero-order valence-electron chi connectivity index (χ0n) is 16.0. The van der Waals surface area contributed by atoms with Crippen molar-refractivity contribution in [3.8, 4) is 17.1 Å². The number of hydrogen-bond acceptors (Lipinski definition) is 6. The van der Waals surface area contributed by atoms with Crippen molar-refractivity contribution < 1.29 is 9.13 Å². The van der Waals surface area contributed by atoms with Gasteiger partial charge in [-0.15, -0.1) is 5.10 Å². The highest BCUT2D eigenvalue weighted by atomic mass is 19.1. The largest absolute Gasteiger partial charge is 0.469 e. The Labute approximate surface area is 166 Å². The van der Waals surface area contributed by atoms with E-state index in [1.54, 1.807) is 27.4 Å². The number of rotatable bonds is 6. The first-order valence-corrected chi connectivity index (χ1v) is 9.75. The number of hydrogen-bond donors (Lipinski definition) is 0. The van der Waals surface area contributed by atoms with Crippen molar-refractivity contribution >= 4 is 5.65 Å². The molecule has 1 fully saturated rings. The molecule has 0 radical (unpaired) electrons. The van der Waals surface area contributed by atoms with Gasteiger partial charge in [0, 0.05) is 23.9 Å². The third kappa shape index (κ3) is 3.12. The molecule has 8 nitrogen and oxygen atoms in total. The van der Waals surface area contributed by atoms with E-state index in [2.05, 4.69) is 20.4 Å². The van der Waals surface area contributed by atoms with E-state index in [0.717, 1.165) is 24.2 Å². The summed E-state index contributed by atoms with van der Waals surface area (Å²) < 4.78 is 23.8. The number of nitrogens with zero attached hydrogens (tertiary/aromatic N) is 7. The first kappa shape index (κ1) is 17.7. The predicted molar refractivity (Wildman–Crippen MR) is 103 cm³/mol. The van der Waals surface area contributed by atoms with Gasteiger partial charge >= 0.3 is 0 Å². The van der Waals surface area contributed by atoms with Gasteiger partial charge in [0.2, 0.25) is 5.88 Å². The fourth-order valence-corrected chi connectivity index (χ4v) is 3.57. The zero-order chi connectivity index (χ0) is 19.8. The van der Waals surface area contributed by atoms with Crippen molar-refractivity contribution in [3.05, 3.63) is 54.0 Å². The van der Waals surface area contributed by atoms with Crippen LogP contribution >= 0.6 is 0 Å². The quantitative estimate of drug-likeness (QED) is 0.499. The van der Waals surface area contributed by atoms with Gasteiger partial charge in [0.15, 0.2) is 11.5 Å². The number of ether oxygens (including phenoxy) is 1. The Bertz CT molecular complexity index is 1160. The van der Waals surface area contributed by atoms with Gasteiger partial charge in [-0.25, -0.2) is 18.6 Å². The average Bonchev–Trinajstić information content (AvgIpc) is 3.31. The van der Waals surface area contributed by atoms with Crippen molar-refractivity contribution in [1.82, 2.24) is 34.6 Å². The molecule has 0 atom stereocenters. The molecule has 0 unspecified atom stereocenters. The smallest absolute Gasteiger partial charge is 0.220 e. The molecule has 4 aromatic rings. The molecule has 9 heteroatoms. The molecule has 0 amide bonds. The van der Waals surface area contributed by atoms with Crippen molar-refractivity contribution in [2.24, 2.45) is 0 Å². The summed E-state index contributed by atoms with van der Waals surface area (Å²) in [6.07, 6.45) is 6.78. The zero-order valence-corrected chi connectivity index (χ0v) is 16.0. The molecule has 5 rings (SSSR count). The van der Waals surface area contributed by atoms with Gasteiger partial charge in [-0.3, -0.25) is 0 Å². The molecule has 1 aromatic carbocycles. The lowest BCUT2D eigenvalue weighted by molar-refractivity contribution is 0.266. The molecular weight excluding hydrogens is 373 g/mol. The first-order chi connectivity index (χ1) is 14.2. The minimum atomic E-state index is -0.363. The number of aromatic nitrogens is 7. The third-order valence-corrected chi connectivity index (χ3v) is 5.39. The molecule has 29 heavy (non-hydrogen) atoms. The van der Waals surface area contributed by atoms with Gasteiger partial charge in [0.05, 0.1) is 0 Å². The second-order valence-corrected chi connectivity index (χ2v) is 7.10. The van der Waals surface area contributed by atoms with Crippen LogP contribution in [0.5, 0.6) is 5.88 Å². The van der Waals surface area contributed by atoms with Gasteiger partial charge in [0.25, 0.3) is 0 Å². The van der Waals surface area contributed by atoms with Crippen LogP contribution in [-0.4, -0.2) is 34.6 Å². The van der Waals surface area contributed by atoms with Gasteiger partial charge in [0.1, 0.15) is 24.4 Å². The first-order valence-electron chi connectivity index (χ1n) is 9.75. The van der Waals surface area contributed by atoms with Crippen molar-refractivity contribution in [2.75, 3.05) is 0 Å². The Morgan fingerprint density at radius 2 is 2.10 bits per heavy atom. The molecule has 3 aromatic heterocycles. The summed E-state index contributed by atoms with van der Waals surface area (Å²) in [5, 5.41) is 12.5. The summed E-state index contributed by atoms with van der Waals surface area (Å²) in [6.45, 7) is 2.97. The van der Waals surface area contributed by atoms with Crippen LogP contribution in [0, 0.1) is 5.82 Å². The summed E-state index contributed by atoms with van der Waals surface area (Å²) in [6, 6.07) is 6.48. The summed E-state index contributed by atoms with van der Waals surface area (Å²) >= 11 is 0. The highest BCUT2D eigenvalue weighted by molar-refractivity contribution is 5.74. The van der Waals surface area contributed by atoms with Crippen LogP contribution in [0.25, 0.3) is 16.9 Å². The van der Waals surface area contributed by atoms with Gasteiger partial charge in [-0.2, -0.15) is 10.1 Å². The third-order valence-electron chi connectivity index (χ3n) is 5.39. The Morgan fingerprint density at radius 3 is 2.86 bits per heavy atom. The fourth-order valence-electron chi connectivity index (χ4n) is 3.57. The molecule has 148 valence electrons. The van der Waals surface area contributed by atoms with Crippen LogP contribution in [0.3, 0.4) is 0 Å². The van der Waals surface area contributed by atoms with Crippen molar-refractivity contribution in [1.29, 1.82) is 0 Å². The van der Waals surface area contributed by atoms with E-state index >= 15 is 0 Å². The Balaban J connectivity index is 1.56. The Morgan fingerprint density at radius 1 is 1.24 bits per heavy atom. The van der Waals surface area contributed by atoms with E-state index in [1.807, 2.05) is 13.1 Å². The van der Waals surface area contributed by atoms with E-state index < -0.39 is 0 Å². The minimum Gasteiger partial charge on any atom is -0.469 e. The van der Waals surface area contributed by atoms with E-state index in [4.69, 9.17) is 9.72 Å². The molecular formula is C20H20FN7O. The Kier molecular flexibility index (Phi) is 4.42. The van der Waals surface area contributed by atoms with Gasteiger partial charge in [-0.1, -0.05) is 23.8 Å². The number of fused-ring (bicyclic) bond motifs is 1. The SMILES string of the molecule is CCn1ncnc1COc1nc2c(-c3ccccc3F)nnn2cc1C1CCC1. The second kappa shape index (κ2) is 7.23. The van der Waals surface area contributed by atoms with Crippen molar-refractivity contribution in [3.63, 3.8) is 0 Å². The number of halogens is 1.